The van der Waals surface area contributed by atoms with Gasteiger partial charge in [-0.25, -0.2) is 0 Å². The summed E-state index contributed by atoms with van der Waals surface area (Å²) in [5, 5.41) is 18.8. The summed E-state index contributed by atoms with van der Waals surface area (Å²) in [7, 11) is 3.56. The summed E-state index contributed by atoms with van der Waals surface area (Å²) in [6.45, 7) is 1.28. The Hall–Kier alpha value is -3.03. The van der Waals surface area contributed by atoms with Crippen LogP contribution >= 0.6 is 0 Å². The Labute approximate surface area is 157 Å². The lowest BCUT2D eigenvalue weighted by Crippen LogP contribution is -2.22. The van der Waals surface area contributed by atoms with Gasteiger partial charge in [0.25, 0.3) is 5.69 Å². The number of methoxy groups -OCH3 is 1. The molecular weight excluding hydrogens is 344 g/mol. The number of nitrogens with one attached hydrogen (secondary N) is 1. The highest BCUT2D eigenvalue weighted by molar-refractivity contribution is 5.64. The molecule has 1 atom stereocenters. The number of aromatic nitrogens is 2. The van der Waals surface area contributed by atoms with E-state index in [1.54, 1.807) is 23.9 Å². The zero-order valence-electron chi connectivity index (χ0n) is 15.3. The second kappa shape index (κ2) is 8.57. The highest BCUT2D eigenvalue weighted by atomic mass is 16.6. The molecule has 1 heterocycles. The average molecular weight is 366 g/mol. The number of nitrogens with zero attached hydrogens (tertiary/aromatic N) is 3. The maximum atomic E-state index is 10.8. The molecule has 3 rings (SSSR count). The van der Waals surface area contributed by atoms with Crippen molar-refractivity contribution in [1.82, 2.24) is 15.1 Å². The van der Waals surface area contributed by atoms with Crippen molar-refractivity contribution in [2.75, 3.05) is 13.7 Å². The molecular formula is C20H22N4O3. The molecule has 1 unspecified atom stereocenters. The van der Waals surface area contributed by atoms with Crippen molar-refractivity contribution in [1.29, 1.82) is 0 Å². The fraction of sp³-hybridized carbons (Fsp3) is 0.250. The fourth-order valence-electron chi connectivity index (χ4n) is 2.99. The first-order valence-electron chi connectivity index (χ1n) is 8.64. The number of non-ortho nitro benzene ring substituents is 1. The molecule has 0 spiro atoms. The van der Waals surface area contributed by atoms with Crippen LogP contribution in [0.4, 0.5) is 5.69 Å². The lowest BCUT2D eigenvalue weighted by molar-refractivity contribution is -0.384. The molecule has 3 aromatic rings. The van der Waals surface area contributed by atoms with Crippen molar-refractivity contribution >= 4 is 5.69 Å². The number of hydrogen-bond acceptors (Lipinski definition) is 5. The fourth-order valence-corrected chi connectivity index (χ4v) is 2.99. The standard InChI is InChI=1S/C20H22N4O3/c1-23-14-17(12-21-13-19(27-2)15-6-4-3-5-7-15)20(22-23)16-8-10-18(11-9-16)24(25)26/h3-11,14,19,21H,12-13H2,1-2H3. The number of nitro groups is 1. The van der Waals surface area contributed by atoms with E-state index in [1.165, 1.54) is 12.1 Å². The summed E-state index contributed by atoms with van der Waals surface area (Å²) in [6.07, 6.45) is 1.92. The summed E-state index contributed by atoms with van der Waals surface area (Å²) >= 11 is 0. The number of hydrogen-bond donors (Lipinski definition) is 1. The highest BCUT2D eigenvalue weighted by Gasteiger charge is 2.14. The Bertz CT molecular complexity index is 891. The molecule has 0 aliphatic carbocycles. The van der Waals surface area contributed by atoms with Gasteiger partial charge in [-0.2, -0.15) is 5.10 Å². The second-order valence-corrected chi connectivity index (χ2v) is 6.25. The van der Waals surface area contributed by atoms with Crippen molar-refractivity contribution in [2.45, 2.75) is 12.6 Å². The summed E-state index contributed by atoms with van der Waals surface area (Å²) < 4.78 is 7.33. The Morgan fingerprint density at radius 1 is 1.19 bits per heavy atom. The monoisotopic (exact) mass is 366 g/mol. The summed E-state index contributed by atoms with van der Waals surface area (Å²) in [5.74, 6) is 0. The third kappa shape index (κ3) is 4.58. The van der Waals surface area contributed by atoms with Gasteiger partial charge >= 0.3 is 0 Å². The van der Waals surface area contributed by atoms with E-state index in [-0.39, 0.29) is 11.8 Å². The number of rotatable bonds is 8. The van der Waals surface area contributed by atoms with Crippen molar-refractivity contribution < 1.29 is 9.66 Å². The Morgan fingerprint density at radius 3 is 2.52 bits per heavy atom. The van der Waals surface area contributed by atoms with Crippen molar-refractivity contribution in [3.63, 3.8) is 0 Å². The quantitative estimate of drug-likeness (QED) is 0.488. The molecule has 7 heteroatoms. The lowest BCUT2D eigenvalue weighted by atomic mass is 10.1. The average Bonchev–Trinajstić information content (AvgIpc) is 3.06. The normalized spacial score (nSPS) is 12.1. The van der Waals surface area contributed by atoms with E-state index in [0.29, 0.717) is 13.1 Å². The lowest BCUT2D eigenvalue weighted by Gasteiger charge is -2.16. The molecule has 0 amide bonds. The topological polar surface area (TPSA) is 82.2 Å². The van der Waals surface area contributed by atoms with E-state index in [2.05, 4.69) is 10.4 Å². The van der Waals surface area contributed by atoms with Gasteiger partial charge in [-0.05, 0) is 17.7 Å². The third-order valence-electron chi connectivity index (χ3n) is 4.36. The van der Waals surface area contributed by atoms with Crippen LogP contribution < -0.4 is 5.32 Å². The first-order valence-corrected chi connectivity index (χ1v) is 8.64. The first-order chi connectivity index (χ1) is 13.1. The van der Waals surface area contributed by atoms with Gasteiger partial charge in [0.05, 0.1) is 16.7 Å². The zero-order chi connectivity index (χ0) is 19.2. The minimum absolute atomic E-state index is 0.0364. The number of ether oxygens (including phenoxy) is 1. The molecule has 0 aliphatic rings. The molecule has 140 valence electrons. The van der Waals surface area contributed by atoms with Crippen LogP contribution in [0.15, 0.2) is 60.8 Å². The maximum absolute atomic E-state index is 10.8. The molecule has 0 saturated heterocycles. The van der Waals surface area contributed by atoms with Crippen LogP contribution in [0.1, 0.15) is 17.2 Å². The van der Waals surface area contributed by atoms with E-state index in [1.807, 2.05) is 43.6 Å². The van der Waals surface area contributed by atoms with Gasteiger partial charge in [-0.15, -0.1) is 0 Å². The van der Waals surface area contributed by atoms with Gasteiger partial charge in [0, 0.05) is 56.7 Å². The number of nitro benzene ring substituents is 1. The van der Waals surface area contributed by atoms with Gasteiger partial charge in [-0.1, -0.05) is 30.3 Å². The van der Waals surface area contributed by atoms with Crippen LogP contribution in [0.2, 0.25) is 0 Å². The third-order valence-corrected chi connectivity index (χ3v) is 4.36. The Kier molecular flexibility index (Phi) is 5.95. The summed E-state index contributed by atoms with van der Waals surface area (Å²) in [4.78, 5) is 10.4. The summed E-state index contributed by atoms with van der Waals surface area (Å²) in [6, 6.07) is 16.5. The Morgan fingerprint density at radius 2 is 1.89 bits per heavy atom. The van der Waals surface area contributed by atoms with Crippen LogP contribution in [0, 0.1) is 10.1 Å². The van der Waals surface area contributed by atoms with Crippen LogP contribution in [-0.2, 0) is 18.3 Å². The molecule has 0 bridgehead atoms. The van der Waals surface area contributed by atoms with Gasteiger partial charge in [0.1, 0.15) is 0 Å². The number of aryl methyl sites for hydroxylation is 1. The van der Waals surface area contributed by atoms with Crippen LogP contribution in [0.25, 0.3) is 11.3 Å². The summed E-state index contributed by atoms with van der Waals surface area (Å²) in [5.41, 5.74) is 3.88. The number of benzene rings is 2. The van der Waals surface area contributed by atoms with Crippen LogP contribution in [-0.4, -0.2) is 28.4 Å². The van der Waals surface area contributed by atoms with E-state index in [0.717, 1.165) is 22.4 Å². The minimum atomic E-state index is -0.404. The molecule has 1 aromatic heterocycles. The van der Waals surface area contributed by atoms with Crippen LogP contribution in [0.3, 0.4) is 0 Å². The molecule has 0 fully saturated rings. The van der Waals surface area contributed by atoms with Crippen molar-refractivity contribution in [3.05, 3.63) is 82.0 Å². The molecule has 0 radical (unpaired) electrons. The second-order valence-electron chi connectivity index (χ2n) is 6.25. The molecule has 1 N–H and O–H groups in total. The maximum Gasteiger partial charge on any atom is 0.269 e. The van der Waals surface area contributed by atoms with Crippen molar-refractivity contribution in [2.24, 2.45) is 7.05 Å². The molecule has 2 aromatic carbocycles. The molecule has 27 heavy (non-hydrogen) atoms. The first kappa shape index (κ1) is 18.8. The van der Waals surface area contributed by atoms with E-state index in [4.69, 9.17) is 4.74 Å². The van der Waals surface area contributed by atoms with Crippen molar-refractivity contribution in [3.8, 4) is 11.3 Å². The van der Waals surface area contributed by atoms with Gasteiger partial charge in [0.15, 0.2) is 0 Å². The predicted octanol–water partition coefficient (Wildman–Crippen LogP) is 3.47. The van der Waals surface area contributed by atoms with Crippen LogP contribution in [0.5, 0.6) is 0 Å². The van der Waals surface area contributed by atoms with E-state index >= 15 is 0 Å². The molecule has 0 aliphatic heterocycles. The zero-order valence-corrected chi connectivity index (χ0v) is 15.3. The van der Waals surface area contributed by atoms with E-state index < -0.39 is 4.92 Å². The molecule has 7 nitrogen and oxygen atoms in total. The minimum Gasteiger partial charge on any atom is -0.375 e. The van der Waals surface area contributed by atoms with Gasteiger partial charge in [0.2, 0.25) is 0 Å². The van der Waals surface area contributed by atoms with Gasteiger partial charge in [-0.3, -0.25) is 14.8 Å². The SMILES string of the molecule is COC(CNCc1cn(C)nc1-c1ccc([N+](=O)[O-])cc1)c1ccccc1. The molecule has 0 saturated carbocycles. The van der Waals surface area contributed by atoms with E-state index in [9.17, 15) is 10.1 Å². The van der Waals surface area contributed by atoms with Gasteiger partial charge < -0.3 is 10.1 Å². The Balaban J connectivity index is 1.70. The smallest absolute Gasteiger partial charge is 0.269 e. The highest BCUT2D eigenvalue weighted by Crippen LogP contribution is 2.24. The predicted molar refractivity (Wildman–Crippen MR) is 103 cm³/mol. The largest absolute Gasteiger partial charge is 0.375 e.